The summed E-state index contributed by atoms with van der Waals surface area (Å²) in [7, 11) is 0. The molecule has 0 aromatic heterocycles. The quantitative estimate of drug-likeness (QED) is 0.144. The topological polar surface area (TPSA) is 0 Å². The van der Waals surface area contributed by atoms with Crippen LogP contribution < -0.4 is 0 Å². The second-order valence-electron chi connectivity index (χ2n) is 17.4. The molecule has 0 fully saturated rings. The Hall–Kier alpha value is -7.02. The zero-order valence-electron chi connectivity index (χ0n) is 33.6. The van der Waals surface area contributed by atoms with Gasteiger partial charge in [0.2, 0.25) is 0 Å². The van der Waals surface area contributed by atoms with Gasteiger partial charge >= 0.3 is 0 Å². The largest absolute Gasteiger partial charge is 0.0619 e. The Balaban J connectivity index is 0.0000000926. The van der Waals surface area contributed by atoms with E-state index < -0.39 is 0 Å². The summed E-state index contributed by atoms with van der Waals surface area (Å²) in [6.45, 7) is 0. The molecular weight excluding hydrogens is 721 g/mol. The first-order chi connectivity index (χ1) is 29.7. The monoisotopic (exact) mass is 762 g/mol. The molecule has 0 nitrogen and oxygen atoms in total. The average molecular weight is 763 g/mol. The summed E-state index contributed by atoms with van der Waals surface area (Å²) < 4.78 is 0. The van der Waals surface area contributed by atoms with E-state index >= 15 is 0 Å². The molecule has 0 atom stereocenters. The summed E-state index contributed by atoms with van der Waals surface area (Å²) >= 11 is 0. The third-order valence-corrected chi connectivity index (χ3v) is 14.2. The molecule has 0 amide bonds. The molecule has 282 valence electrons. The van der Waals surface area contributed by atoms with E-state index in [-0.39, 0.29) is 0 Å². The number of fused-ring (bicyclic) bond motifs is 20. The highest BCUT2D eigenvalue weighted by molar-refractivity contribution is 5.91. The van der Waals surface area contributed by atoms with E-state index in [1.807, 2.05) is 0 Å². The predicted molar refractivity (Wildman–Crippen MR) is 249 cm³/mol. The Labute approximate surface area is 352 Å². The van der Waals surface area contributed by atoms with Crippen molar-refractivity contribution in [3.05, 3.63) is 249 Å². The maximum atomic E-state index is 2.44. The molecule has 9 aromatic rings. The lowest BCUT2D eigenvalue weighted by Gasteiger charge is -2.08. The average Bonchev–Trinajstić information content (AvgIpc) is 4.15. The van der Waals surface area contributed by atoms with E-state index in [2.05, 4.69) is 182 Å². The van der Waals surface area contributed by atoms with Crippen LogP contribution in [0.3, 0.4) is 0 Å². The van der Waals surface area contributed by atoms with Gasteiger partial charge in [-0.3, -0.25) is 0 Å². The predicted octanol–water partition coefficient (Wildman–Crippen LogP) is 14.5. The molecule has 60 heavy (non-hydrogen) atoms. The molecular formula is C60H42. The first-order valence-electron chi connectivity index (χ1n) is 21.7. The molecule has 0 N–H and O–H groups in total. The summed E-state index contributed by atoms with van der Waals surface area (Å²) in [6.07, 6.45) is 6.56. The normalized spacial score (nSPS) is 13.6. The molecule has 0 saturated heterocycles. The molecule has 6 aliphatic carbocycles. The standard InChI is InChI=1S/3C20H14/c1-3-7-16-14(6-1)12-19-18(16)10-9-15-11-13-5-2-4-8-17(13)20(15)19;1-3-7-17-13(5-1)9-15-11-16-10-14-6-2-4-8-18(14)20(16)12-19(15)17;1-3-7-15-13(5-1)11-19-17(15)9-10-18-16-8-4-2-6-14(16)12-20(18)19/h1-10H,11-12H2;1-8,11-12H,9-10H2;1-10H,11-12H2. The maximum Gasteiger partial charge on any atom is -0.000718 e. The zero-order chi connectivity index (χ0) is 39.3. The minimum absolute atomic E-state index is 1.09. The summed E-state index contributed by atoms with van der Waals surface area (Å²) in [6, 6.07) is 67.1. The second-order valence-corrected chi connectivity index (χ2v) is 17.4. The fourth-order valence-corrected chi connectivity index (χ4v) is 11.5. The number of rotatable bonds is 0. The maximum absolute atomic E-state index is 2.44. The molecule has 0 spiro atoms. The zero-order valence-corrected chi connectivity index (χ0v) is 33.6. The Bertz CT molecular complexity index is 3110. The van der Waals surface area contributed by atoms with Crippen molar-refractivity contribution in [1.82, 2.24) is 0 Å². The first-order valence-corrected chi connectivity index (χ1v) is 21.7. The van der Waals surface area contributed by atoms with Crippen molar-refractivity contribution >= 4 is 0 Å². The van der Waals surface area contributed by atoms with Crippen LogP contribution >= 0.6 is 0 Å². The van der Waals surface area contributed by atoms with Gasteiger partial charge in [0.05, 0.1) is 0 Å². The SMILES string of the molecule is c1ccc2c(c1)Cc1c-2ccc2c1-c1ccccc1C2.c1ccc2c(c1)Cc1c-2ccc2c1Cc1ccccc1-2.c1ccc2c(c1)Cc1cc3c(cc1-2)-c1ccccc1C3. The van der Waals surface area contributed by atoms with Crippen LogP contribution in [0.15, 0.2) is 182 Å². The summed E-state index contributed by atoms with van der Waals surface area (Å²) in [5, 5.41) is 0. The molecule has 0 bridgehead atoms. The number of benzene rings is 9. The summed E-state index contributed by atoms with van der Waals surface area (Å²) in [5.74, 6) is 0. The van der Waals surface area contributed by atoms with E-state index in [4.69, 9.17) is 0 Å². The Kier molecular flexibility index (Phi) is 7.49. The third kappa shape index (κ3) is 5.17. The van der Waals surface area contributed by atoms with Crippen LogP contribution in [0, 0.1) is 0 Å². The minimum Gasteiger partial charge on any atom is -0.0619 e. The van der Waals surface area contributed by atoms with Gasteiger partial charge in [0.1, 0.15) is 0 Å². The fourth-order valence-electron chi connectivity index (χ4n) is 11.5. The molecule has 0 unspecified atom stereocenters. The Morgan fingerprint density at radius 1 is 0.183 bits per heavy atom. The van der Waals surface area contributed by atoms with Crippen molar-refractivity contribution in [3.8, 4) is 66.8 Å². The van der Waals surface area contributed by atoms with Crippen LogP contribution in [-0.2, 0) is 38.5 Å². The van der Waals surface area contributed by atoms with Crippen LogP contribution in [0.5, 0.6) is 0 Å². The molecule has 0 aliphatic heterocycles. The number of hydrogen-bond acceptors (Lipinski definition) is 0. The molecule has 6 aliphatic rings. The minimum atomic E-state index is 1.09. The van der Waals surface area contributed by atoms with Crippen LogP contribution in [0.4, 0.5) is 0 Å². The summed E-state index contributed by atoms with van der Waals surface area (Å²) in [5.41, 5.74) is 35.3. The lowest BCUT2D eigenvalue weighted by atomic mass is 9.95. The molecule has 9 aromatic carbocycles. The van der Waals surface area contributed by atoms with Crippen LogP contribution in [0.25, 0.3) is 66.8 Å². The van der Waals surface area contributed by atoms with Gasteiger partial charge in [-0.2, -0.15) is 0 Å². The fraction of sp³-hybridized carbons (Fsp3) is 0.100. The Morgan fingerprint density at radius 2 is 0.500 bits per heavy atom. The molecule has 0 saturated carbocycles. The van der Waals surface area contributed by atoms with Crippen molar-refractivity contribution in [3.63, 3.8) is 0 Å². The van der Waals surface area contributed by atoms with Gasteiger partial charge in [-0.05, 0) is 178 Å². The molecule has 0 radical (unpaired) electrons. The van der Waals surface area contributed by atoms with Crippen molar-refractivity contribution in [2.24, 2.45) is 0 Å². The van der Waals surface area contributed by atoms with Crippen molar-refractivity contribution in [2.45, 2.75) is 38.5 Å². The van der Waals surface area contributed by atoms with Gasteiger partial charge in [0.15, 0.2) is 0 Å². The van der Waals surface area contributed by atoms with Gasteiger partial charge in [0, 0.05) is 0 Å². The van der Waals surface area contributed by atoms with Crippen molar-refractivity contribution < 1.29 is 0 Å². The molecule has 15 rings (SSSR count). The number of hydrogen-bond donors (Lipinski definition) is 0. The molecule has 0 heteroatoms. The van der Waals surface area contributed by atoms with Crippen LogP contribution in [0.1, 0.15) is 66.8 Å². The Morgan fingerprint density at radius 3 is 0.967 bits per heavy atom. The third-order valence-electron chi connectivity index (χ3n) is 14.2. The van der Waals surface area contributed by atoms with E-state index in [0.29, 0.717) is 0 Å². The first kappa shape index (κ1) is 33.9. The van der Waals surface area contributed by atoms with Crippen LogP contribution in [0.2, 0.25) is 0 Å². The van der Waals surface area contributed by atoms with E-state index in [1.165, 1.54) is 122 Å². The van der Waals surface area contributed by atoms with Crippen molar-refractivity contribution in [1.29, 1.82) is 0 Å². The van der Waals surface area contributed by atoms with Gasteiger partial charge in [-0.15, -0.1) is 0 Å². The van der Waals surface area contributed by atoms with E-state index in [1.54, 1.807) is 11.1 Å². The highest BCUT2D eigenvalue weighted by Crippen LogP contribution is 2.49. The second kappa shape index (κ2) is 13.2. The summed E-state index contributed by atoms with van der Waals surface area (Å²) in [4.78, 5) is 0. The highest BCUT2D eigenvalue weighted by atomic mass is 14.3. The van der Waals surface area contributed by atoms with Crippen LogP contribution in [-0.4, -0.2) is 0 Å². The van der Waals surface area contributed by atoms with Crippen molar-refractivity contribution in [2.75, 3.05) is 0 Å². The van der Waals surface area contributed by atoms with E-state index in [0.717, 1.165) is 38.5 Å². The van der Waals surface area contributed by atoms with Gasteiger partial charge < -0.3 is 0 Å². The lowest BCUT2D eigenvalue weighted by Crippen LogP contribution is -1.90. The van der Waals surface area contributed by atoms with Gasteiger partial charge in [0.25, 0.3) is 0 Å². The van der Waals surface area contributed by atoms with E-state index in [9.17, 15) is 0 Å². The highest BCUT2D eigenvalue weighted by Gasteiger charge is 2.29. The smallest absolute Gasteiger partial charge is 0.000718 e. The van der Waals surface area contributed by atoms with Gasteiger partial charge in [-0.25, -0.2) is 0 Å². The molecule has 0 heterocycles. The lowest BCUT2D eigenvalue weighted by molar-refractivity contribution is 1.16. The van der Waals surface area contributed by atoms with Gasteiger partial charge in [-0.1, -0.05) is 176 Å².